The van der Waals surface area contributed by atoms with Crippen LogP contribution < -0.4 is 21.3 Å². The maximum absolute atomic E-state index is 14.0. The van der Waals surface area contributed by atoms with Crippen LogP contribution in [0.4, 0.5) is 4.79 Å². The molecular formula is C41H58N4O6. The summed E-state index contributed by atoms with van der Waals surface area (Å²) in [6.07, 6.45) is 7.57. The van der Waals surface area contributed by atoms with E-state index in [0.29, 0.717) is 38.1 Å². The summed E-state index contributed by atoms with van der Waals surface area (Å²) in [5, 5.41) is 22.9. The first-order valence-electron chi connectivity index (χ1n) is 18.4. The van der Waals surface area contributed by atoms with Crippen LogP contribution in [0.1, 0.15) is 89.2 Å². The van der Waals surface area contributed by atoms with Crippen molar-refractivity contribution in [3.63, 3.8) is 0 Å². The normalized spacial score (nSPS) is 15.5. The first-order chi connectivity index (χ1) is 24.5. The third-order valence-corrected chi connectivity index (χ3v) is 9.19. The number of carbonyl (C=O) groups is 4. The average Bonchev–Trinajstić information content (AvgIpc) is 3.13. The molecule has 1 fully saturated rings. The van der Waals surface area contributed by atoms with Crippen molar-refractivity contribution in [1.29, 1.82) is 0 Å². The topological polar surface area (TPSA) is 146 Å². The highest BCUT2D eigenvalue weighted by Gasteiger charge is 2.32. The fourth-order valence-corrected chi connectivity index (χ4v) is 6.26. The number of hydrogen-bond acceptors (Lipinski definition) is 6. The van der Waals surface area contributed by atoms with Gasteiger partial charge in [0.15, 0.2) is 0 Å². The van der Waals surface area contributed by atoms with Crippen molar-refractivity contribution in [1.82, 2.24) is 21.3 Å². The third kappa shape index (κ3) is 15.6. The van der Waals surface area contributed by atoms with E-state index >= 15 is 0 Å². The number of aliphatic hydroxyl groups excluding tert-OH is 1. The van der Waals surface area contributed by atoms with Crippen molar-refractivity contribution < 1.29 is 29.0 Å². The number of ether oxygens (including phenoxy) is 1. The van der Waals surface area contributed by atoms with Crippen molar-refractivity contribution >= 4 is 23.8 Å². The van der Waals surface area contributed by atoms with Crippen molar-refractivity contribution in [2.75, 3.05) is 6.54 Å². The van der Waals surface area contributed by atoms with Gasteiger partial charge in [0.25, 0.3) is 0 Å². The first-order valence-corrected chi connectivity index (χ1v) is 18.4. The Morgan fingerprint density at radius 2 is 1.51 bits per heavy atom. The van der Waals surface area contributed by atoms with Crippen molar-refractivity contribution in [3.05, 3.63) is 96.6 Å². The molecule has 10 nitrogen and oxygen atoms in total. The van der Waals surface area contributed by atoms with Crippen LogP contribution in [-0.4, -0.2) is 59.7 Å². The van der Waals surface area contributed by atoms with E-state index in [1.807, 2.05) is 74.5 Å². The molecule has 1 unspecified atom stereocenters. The molecule has 2 aromatic rings. The van der Waals surface area contributed by atoms with Gasteiger partial charge in [0.05, 0.1) is 12.1 Å². The van der Waals surface area contributed by atoms with Crippen molar-refractivity contribution in [2.24, 2.45) is 11.8 Å². The summed E-state index contributed by atoms with van der Waals surface area (Å²) in [6, 6.07) is 15.9. The highest BCUT2D eigenvalue weighted by molar-refractivity contribution is 5.93. The first kappa shape index (κ1) is 41.0. The summed E-state index contributed by atoms with van der Waals surface area (Å²) in [5.74, 6) is -0.710. The summed E-state index contributed by atoms with van der Waals surface area (Å²) in [6.45, 7) is 12.2. The van der Waals surface area contributed by atoms with E-state index in [9.17, 15) is 24.3 Å². The van der Waals surface area contributed by atoms with Gasteiger partial charge < -0.3 is 31.1 Å². The lowest BCUT2D eigenvalue weighted by molar-refractivity contribution is -0.131. The molecule has 51 heavy (non-hydrogen) atoms. The predicted molar refractivity (Wildman–Crippen MR) is 200 cm³/mol. The number of aliphatic hydroxyl groups is 1. The van der Waals surface area contributed by atoms with Gasteiger partial charge in [0.1, 0.15) is 18.7 Å². The zero-order chi connectivity index (χ0) is 37.0. The molecule has 278 valence electrons. The van der Waals surface area contributed by atoms with Gasteiger partial charge in [0.2, 0.25) is 17.7 Å². The number of alkyl carbamates (subject to hydrolysis) is 1. The van der Waals surface area contributed by atoms with Crippen LogP contribution in [0.3, 0.4) is 0 Å². The Hall–Kier alpha value is -4.44. The lowest BCUT2D eigenvalue weighted by Crippen LogP contribution is -2.57. The molecule has 1 saturated carbocycles. The molecule has 4 atom stereocenters. The number of allylic oxidation sites excluding steroid dienone is 1. The van der Waals surface area contributed by atoms with Gasteiger partial charge in [-0.15, -0.1) is 6.58 Å². The van der Waals surface area contributed by atoms with Crippen molar-refractivity contribution in [3.8, 4) is 0 Å². The summed E-state index contributed by atoms with van der Waals surface area (Å²) < 4.78 is 5.42. The van der Waals surface area contributed by atoms with Gasteiger partial charge in [-0.05, 0) is 48.6 Å². The Kier molecular flexibility index (Phi) is 18.0. The number of hydrogen-bond donors (Lipinski definition) is 5. The molecule has 4 amide bonds. The molecule has 1 aliphatic rings. The second-order valence-electron chi connectivity index (χ2n) is 14.1. The number of rotatable bonds is 21. The van der Waals surface area contributed by atoms with Crippen molar-refractivity contribution in [2.45, 2.75) is 115 Å². The summed E-state index contributed by atoms with van der Waals surface area (Å²) in [7, 11) is 0. The third-order valence-electron chi connectivity index (χ3n) is 9.19. The molecule has 1 aliphatic carbocycles. The Morgan fingerprint density at radius 1 is 0.882 bits per heavy atom. The van der Waals surface area contributed by atoms with Gasteiger partial charge in [-0.1, -0.05) is 119 Å². The van der Waals surface area contributed by atoms with E-state index in [1.165, 1.54) is 0 Å². The number of nitrogens with one attached hydrogen (secondary N) is 4. The summed E-state index contributed by atoms with van der Waals surface area (Å²) in [4.78, 5) is 53.5. The van der Waals surface area contributed by atoms with E-state index in [1.54, 1.807) is 6.08 Å². The van der Waals surface area contributed by atoms with Crippen LogP contribution in [0.15, 0.2) is 85.5 Å². The van der Waals surface area contributed by atoms with E-state index < -0.39 is 42.1 Å². The number of amides is 4. The Labute approximate surface area is 303 Å². The zero-order valence-electron chi connectivity index (χ0n) is 30.4. The zero-order valence-corrected chi connectivity index (χ0v) is 30.4. The molecule has 0 aliphatic heterocycles. The smallest absolute Gasteiger partial charge is 0.408 e. The van der Waals surface area contributed by atoms with E-state index in [2.05, 4.69) is 34.4 Å². The number of carbonyl (C=O) groups excluding carboxylic acids is 4. The molecule has 3 rings (SSSR count). The standard InChI is InChI=1S/C41H58N4O6/c1-5-6-10-23-34(39(48)44-35(25-31-17-11-7-12-18-31)37(46)24-30(4)38(47)42-27-29(2)3)43-40(49)36(26-32-19-13-8-14-20-32)45-41(50)51-28-33-21-15-9-16-22-33/h5,8-9,13-16,19-22,29,31,34-37,46H,1,4,6-7,10-12,17-18,23-28H2,2-3H3,(H,42,47)(H,43,49)(H,44,48)(H,45,50)/t34?,35-,36-,37-/m0/s1. The minimum Gasteiger partial charge on any atom is -0.445 e. The second kappa shape index (κ2) is 22.4. The van der Waals surface area contributed by atoms with E-state index in [-0.39, 0.29) is 36.8 Å². The molecular weight excluding hydrogens is 644 g/mol. The Balaban J connectivity index is 1.76. The fraction of sp³-hybridized carbons (Fsp3) is 0.512. The molecule has 0 aromatic heterocycles. The molecule has 0 spiro atoms. The monoisotopic (exact) mass is 702 g/mol. The molecule has 0 radical (unpaired) electrons. The second-order valence-corrected chi connectivity index (χ2v) is 14.1. The van der Waals surface area contributed by atoms with Gasteiger partial charge in [0, 0.05) is 25.0 Å². The van der Waals surface area contributed by atoms with Gasteiger partial charge >= 0.3 is 6.09 Å². The van der Waals surface area contributed by atoms with Crippen LogP contribution in [0.2, 0.25) is 0 Å². The quantitative estimate of drug-likeness (QED) is 0.0623. The SMILES string of the molecule is C=CCCCC(NC(=O)[C@H](Cc1ccccc1)NC(=O)OCc1ccccc1)C(=O)N[C@@H](CC1CCCCC1)[C@@H](O)CC(=C)C(=O)NCC(C)C. The van der Waals surface area contributed by atoms with Crippen LogP contribution in [0.5, 0.6) is 0 Å². The summed E-state index contributed by atoms with van der Waals surface area (Å²) >= 11 is 0. The maximum atomic E-state index is 14.0. The van der Waals surface area contributed by atoms with E-state index in [0.717, 1.165) is 43.2 Å². The number of benzene rings is 2. The Morgan fingerprint density at radius 3 is 2.14 bits per heavy atom. The minimum atomic E-state index is -1.05. The Bertz CT molecular complexity index is 1390. The van der Waals surface area contributed by atoms with Crippen LogP contribution in [0.25, 0.3) is 0 Å². The molecule has 2 aromatic carbocycles. The molecule has 0 bridgehead atoms. The lowest BCUT2D eigenvalue weighted by atomic mass is 9.83. The highest BCUT2D eigenvalue weighted by atomic mass is 16.5. The van der Waals surface area contributed by atoms with E-state index in [4.69, 9.17) is 4.74 Å². The van der Waals surface area contributed by atoms with Crippen LogP contribution in [-0.2, 0) is 32.1 Å². The minimum absolute atomic E-state index is 0.00322. The molecule has 0 saturated heterocycles. The van der Waals surface area contributed by atoms with Gasteiger partial charge in [-0.3, -0.25) is 14.4 Å². The fourth-order valence-electron chi connectivity index (χ4n) is 6.26. The molecule has 0 heterocycles. The molecule has 5 N–H and O–H groups in total. The average molecular weight is 703 g/mol. The van der Waals surface area contributed by atoms with Crippen LogP contribution in [0, 0.1) is 11.8 Å². The van der Waals surface area contributed by atoms with Gasteiger partial charge in [-0.25, -0.2) is 4.79 Å². The molecule has 10 heteroatoms. The predicted octanol–water partition coefficient (Wildman–Crippen LogP) is 5.90. The van der Waals surface area contributed by atoms with Gasteiger partial charge in [-0.2, -0.15) is 0 Å². The maximum Gasteiger partial charge on any atom is 0.408 e. The highest BCUT2D eigenvalue weighted by Crippen LogP contribution is 2.29. The largest absolute Gasteiger partial charge is 0.445 e. The summed E-state index contributed by atoms with van der Waals surface area (Å²) in [5.41, 5.74) is 1.87. The lowest BCUT2D eigenvalue weighted by Gasteiger charge is -2.32. The number of unbranched alkanes of at least 4 members (excludes halogenated alkanes) is 1. The van der Waals surface area contributed by atoms with Crippen LogP contribution >= 0.6 is 0 Å².